The average molecular weight is 196 g/mol. The Bertz CT molecular complexity index is 382. The predicted octanol–water partition coefficient (Wildman–Crippen LogP) is 1.50. The molecule has 0 fully saturated rings. The van der Waals surface area contributed by atoms with Crippen LogP contribution in [0.15, 0.2) is 12.3 Å². The van der Waals surface area contributed by atoms with Gasteiger partial charge in [0.25, 0.3) is 0 Å². The molecule has 0 aromatic carbocycles. The third kappa shape index (κ3) is 1.98. The third-order valence-corrected chi connectivity index (χ3v) is 1.71. The largest absolute Gasteiger partial charge is 0.465 e. The molecule has 4 heteroatoms. The van der Waals surface area contributed by atoms with Crippen LogP contribution in [0.5, 0.6) is 0 Å². The molecule has 0 saturated carbocycles. The fourth-order valence-corrected chi connectivity index (χ4v) is 0.961. The number of methoxy groups -OCH3 is 1. The molecule has 13 heavy (non-hydrogen) atoms. The summed E-state index contributed by atoms with van der Waals surface area (Å²) in [5, 5.41) is 0.0888. The molecule has 0 aliphatic rings. The molecular formula is C9H6ClNO2. The van der Waals surface area contributed by atoms with Crippen molar-refractivity contribution in [2.24, 2.45) is 0 Å². The number of halogens is 1. The number of carbonyl (C=O) groups is 1. The Balaban J connectivity index is 3.20. The number of hydrogen-bond donors (Lipinski definition) is 0. The summed E-state index contributed by atoms with van der Waals surface area (Å²) < 4.78 is 4.48. The highest BCUT2D eigenvalue weighted by Crippen LogP contribution is 2.14. The lowest BCUT2D eigenvalue weighted by Gasteiger charge is -2.00. The highest BCUT2D eigenvalue weighted by Gasteiger charge is 2.11. The molecule has 1 aromatic rings. The van der Waals surface area contributed by atoms with Gasteiger partial charge < -0.3 is 4.74 Å². The van der Waals surface area contributed by atoms with Gasteiger partial charge in [-0.1, -0.05) is 17.5 Å². The first-order valence-electron chi connectivity index (χ1n) is 3.39. The first-order chi connectivity index (χ1) is 6.19. The summed E-state index contributed by atoms with van der Waals surface area (Å²) in [6.07, 6.45) is 6.54. The van der Waals surface area contributed by atoms with Gasteiger partial charge >= 0.3 is 5.97 Å². The van der Waals surface area contributed by atoms with Crippen molar-refractivity contribution < 1.29 is 9.53 Å². The van der Waals surface area contributed by atoms with E-state index in [0.29, 0.717) is 5.56 Å². The molecule has 66 valence electrons. The molecule has 0 unspecified atom stereocenters. The second-order valence-electron chi connectivity index (χ2n) is 2.20. The van der Waals surface area contributed by atoms with E-state index >= 15 is 0 Å². The van der Waals surface area contributed by atoms with Crippen LogP contribution >= 0.6 is 11.6 Å². The van der Waals surface area contributed by atoms with Gasteiger partial charge in [0.05, 0.1) is 12.7 Å². The fraction of sp³-hybridized carbons (Fsp3) is 0.111. The van der Waals surface area contributed by atoms with Gasteiger partial charge in [-0.3, -0.25) is 0 Å². The third-order valence-electron chi connectivity index (χ3n) is 1.41. The van der Waals surface area contributed by atoms with Crippen LogP contribution in [0, 0.1) is 12.3 Å². The number of nitrogens with zero attached hydrogens (tertiary/aromatic N) is 1. The molecule has 0 bridgehead atoms. The Morgan fingerprint density at radius 2 is 2.46 bits per heavy atom. The zero-order valence-corrected chi connectivity index (χ0v) is 7.63. The average Bonchev–Trinajstić information content (AvgIpc) is 2.17. The molecule has 0 saturated heterocycles. The molecule has 0 aliphatic carbocycles. The van der Waals surface area contributed by atoms with Gasteiger partial charge in [0.2, 0.25) is 0 Å². The van der Waals surface area contributed by atoms with Crippen LogP contribution in [0.2, 0.25) is 5.15 Å². The maximum atomic E-state index is 11.1. The second kappa shape index (κ2) is 3.92. The molecule has 0 amide bonds. The summed E-state index contributed by atoms with van der Waals surface area (Å²) in [4.78, 5) is 14.8. The minimum Gasteiger partial charge on any atom is -0.465 e. The normalized spacial score (nSPS) is 9.00. The Labute approximate surface area is 80.7 Å². The summed E-state index contributed by atoms with van der Waals surface area (Å²) >= 11 is 5.65. The summed E-state index contributed by atoms with van der Waals surface area (Å²) in [6.45, 7) is 0. The van der Waals surface area contributed by atoms with E-state index in [0.717, 1.165) is 0 Å². The molecule has 1 aromatic heterocycles. The van der Waals surface area contributed by atoms with Crippen molar-refractivity contribution in [3.05, 3.63) is 28.5 Å². The van der Waals surface area contributed by atoms with Crippen LogP contribution in [-0.2, 0) is 4.74 Å². The van der Waals surface area contributed by atoms with Crippen molar-refractivity contribution in [3.8, 4) is 12.3 Å². The Morgan fingerprint density at radius 1 is 1.77 bits per heavy atom. The number of terminal acetylenes is 1. The number of rotatable bonds is 1. The van der Waals surface area contributed by atoms with Gasteiger partial charge in [-0.25, -0.2) is 9.78 Å². The predicted molar refractivity (Wildman–Crippen MR) is 48.5 cm³/mol. The summed E-state index contributed by atoms with van der Waals surface area (Å²) in [7, 11) is 1.27. The van der Waals surface area contributed by atoms with Crippen molar-refractivity contribution in [3.63, 3.8) is 0 Å². The smallest absolute Gasteiger partial charge is 0.341 e. The monoisotopic (exact) mass is 195 g/mol. The first kappa shape index (κ1) is 9.56. The number of aromatic nitrogens is 1. The van der Waals surface area contributed by atoms with Crippen LogP contribution in [0.25, 0.3) is 0 Å². The summed E-state index contributed by atoms with van der Waals surface area (Å²) in [5.41, 5.74) is 0.671. The molecular weight excluding hydrogens is 190 g/mol. The summed E-state index contributed by atoms with van der Waals surface area (Å²) in [5.74, 6) is 1.80. The van der Waals surface area contributed by atoms with E-state index in [2.05, 4.69) is 15.6 Å². The lowest BCUT2D eigenvalue weighted by molar-refractivity contribution is 0.0600. The molecule has 0 aliphatic heterocycles. The van der Waals surface area contributed by atoms with Gasteiger partial charge in [0.1, 0.15) is 5.15 Å². The molecule has 1 heterocycles. The van der Waals surface area contributed by atoms with Crippen molar-refractivity contribution in [2.45, 2.75) is 0 Å². The van der Waals surface area contributed by atoms with Gasteiger partial charge in [0.15, 0.2) is 0 Å². The van der Waals surface area contributed by atoms with E-state index in [4.69, 9.17) is 18.0 Å². The van der Waals surface area contributed by atoms with Gasteiger partial charge in [0, 0.05) is 11.8 Å². The van der Waals surface area contributed by atoms with E-state index in [-0.39, 0.29) is 10.7 Å². The van der Waals surface area contributed by atoms with Crippen LogP contribution in [-0.4, -0.2) is 18.1 Å². The molecule has 3 nitrogen and oxygen atoms in total. The second-order valence-corrected chi connectivity index (χ2v) is 2.56. The highest BCUT2D eigenvalue weighted by molar-refractivity contribution is 6.32. The van der Waals surface area contributed by atoms with Crippen LogP contribution < -0.4 is 0 Å². The van der Waals surface area contributed by atoms with Crippen molar-refractivity contribution in [1.29, 1.82) is 0 Å². The molecule has 1 rings (SSSR count). The maximum Gasteiger partial charge on any atom is 0.341 e. The standard InChI is InChI=1S/C9H6ClNO2/c1-3-6-4-7(9(12)13-2)8(10)11-5-6/h1,4-5H,2H3. The Hall–Kier alpha value is -1.53. The van der Waals surface area contributed by atoms with Crippen LogP contribution in [0.3, 0.4) is 0 Å². The number of hydrogen-bond acceptors (Lipinski definition) is 3. The van der Waals surface area contributed by atoms with Crippen molar-refractivity contribution in [2.75, 3.05) is 7.11 Å². The minimum absolute atomic E-state index is 0.0888. The zero-order chi connectivity index (χ0) is 9.84. The van der Waals surface area contributed by atoms with Gasteiger partial charge in [-0.2, -0.15) is 0 Å². The maximum absolute atomic E-state index is 11.1. The van der Waals surface area contributed by atoms with Gasteiger partial charge in [-0.15, -0.1) is 6.42 Å². The molecule has 0 radical (unpaired) electrons. The first-order valence-corrected chi connectivity index (χ1v) is 3.77. The summed E-state index contributed by atoms with van der Waals surface area (Å²) in [6, 6.07) is 1.46. The number of ether oxygens (including phenoxy) is 1. The van der Waals surface area contributed by atoms with E-state index in [1.165, 1.54) is 19.4 Å². The number of esters is 1. The van der Waals surface area contributed by atoms with Crippen molar-refractivity contribution in [1.82, 2.24) is 4.98 Å². The topological polar surface area (TPSA) is 39.2 Å². The van der Waals surface area contributed by atoms with Crippen molar-refractivity contribution >= 4 is 17.6 Å². The number of pyridine rings is 1. The van der Waals surface area contributed by atoms with E-state index in [1.807, 2.05) is 0 Å². The molecule has 0 spiro atoms. The number of carbonyl (C=O) groups excluding carboxylic acids is 1. The Kier molecular flexibility index (Phi) is 2.88. The van der Waals surface area contributed by atoms with E-state index < -0.39 is 5.97 Å². The SMILES string of the molecule is C#Cc1cnc(Cl)c(C(=O)OC)c1. The molecule has 0 atom stereocenters. The van der Waals surface area contributed by atoms with E-state index in [1.54, 1.807) is 0 Å². The van der Waals surface area contributed by atoms with Crippen LogP contribution in [0.4, 0.5) is 0 Å². The van der Waals surface area contributed by atoms with E-state index in [9.17, 15) is 4.79 Å². The lowest BCUT2D eigenvalue weighted by atomic mass is 10.2. The van der Waals surface area contributed by atoms with Gasteiger partial charge in [-0.05, 0) is 6.07 Å². The minimum atomic E-state index is -0.547. The zero-order valence-electron chi connectivity index (χ0n) is 6.87. The van der Waals surface area contributed by atoms with Crippen LogP contribution in [0.1, 0.15) is 15.9 Å². The fourth-order valence-electron chi connectivity index (χ4n) is 0.780. The quantitative estimate of drug-likeness (QED) is 0.387. The molecule has 0 N–H and O–H groups in total. The Morgan fingerprint density at radius 3 is 3.00 bits per heavy atom. The lowest BCUT2D eigenvalue weighted by Crippen LogP contribution is -2.03. The highest BCUT2D eigenvalue weighted by atomic mass is 35.5.